The van der Waals surface area contributed by atoms with Gasteiger partial charge >= 0.3 is 0 Å². The minimum atomic E-state index is 0.0295. The highest BCUT2D eigenvalue weighted by Crippen LogP contribution is 2.04. The summed E-state index contributed by atoms with van der Waals surface area (Å²) in [5, 5.41) is 8.32. The Bertz CT molecular complexity index is 201. The zero-order chi connectivity index (χ0) is 7.98. The van der Waals surface area contributed by atoms with Crippen LogP contribution < -0.4 is 0 Å². The number of rotatable bonds is 2. The van der Waals surface area contributed by atoms with E-state index in [4.69, 9.17) is 16.6 Å². The van der Waals surface area contributed by atoms with Crippen LogP contribution in [0.4, 0.5) is 0 Å². The molecule has 0 saturated heterocycles. The normalized spacial score (nSPS) is 10.8. The topological polar surface area (TPSA) is 37.4 Å². The van der Waals surface area contributed by atoms with E-state index >= 15 is 0 Å². The molecule has 0 aromatic carbocycles. The van der Waals surface area contributed by atoms with E-state index in [1.54, 1.807) is 13.0 Å². The van der Waals surface area contributed by atoms with E-state index in [1.165, 1.54) is 0 Å². The number of nitrogens with zero attached hydrogens (tertiary/aromatic N) is 2. The summed E-state index contributed by atoms with van der Waals surface area (Å²) in [7, 11) is 0. The SMILES string of the molecule is [C-]#[N+]/C(C#N)=C(/C)OCC. The third-order valence-electron chi connectivity index (χ3n) is 0.912. The summed E-state index contributed by atoms with van der Waals surface area (Å²) < 4.78 is 4.93. The summed E-state index contributed by atoms with van der Waals surface area (Å²) in [6.45, 7) is 10.4. The second-order valence-electron chi connectivity index (χ2n) is 1.56. The van der Waals surface area contributed by atoms with Crippen LogP contribution in [0.15, 0.2) is 11.5 Å². The van der Waals surface area contributed by atoms with Crippen LogP contribution in [0.2, 0.25) is 0 Å². The zero-order valence-corrected chi connectivity index (χ0v) is 6.01. The Balaban J connectivity index is 4.36. The van der Waals surface area contributed by atoms with Crippen LogP contribution in [0, 0.1) is 17.9 Å². The molecule has 0 unspecified atom stereocenters. The highest BCUT2D eigenvalue weighted by molar-refractivity contribution is 5.29. The second kappa shape index (κ2) is 4.40. The van der Waals surface area contributed by atoms with Crippen molar-refractivity contribution in [3.8, 4) is 6.07 Å². The first kappa shape index (κ1) is 8.52. The largest absolute Gasteiger partial charge is 0.509 e. The third-order valence-corrected chi connectivity index (χ3v) is 0.912. The van der Waals surface area contributed by atoms with Crippen LogP contribution in [0.5, 0.6) is 0 Å². The van der Waals surface area contributed by atoms with E-state index in [0.29, 0.717) is 12.4 Å². The Morgan fingerprint density at radius 2 is 2.40 bits per heavy atom. The summed E-state index contributed by atoms with van der Waals surface area (Å²) in [6.07, 6.45) is 0. The van der Waals surface area contributed by atoms with Crippen molar-refractivity contribution in [1.29, 1.82) is 5.26 Å². The summed E-state index contributed by atoms with van der Waals surface area (Å²) >= 11 is 0. The molecule has 0 aliphatic rings. The maximum atomic E-state index is 8.32. The molecular formula is C7H8N2O. The smallest absolute Gasteiger partial charge is 0.298 e. The molecule has 0 aromatic rings. The van der Waals surface area contributed by atoms with Crippen molar-refractivity contribution >= 4 is 0 Å². The number of hydrogen-bond acceptors (Lipinski definition) is 2. The summed E-state index contributed by atoms with van der Waals surface area (Å²) in [5.41, 5.74) is 0.0295. The van der Waals surface area contributed by atoms with Crippen LogP contribution in [0.1, 0.15) is 13.8 Å². The zero-order valence-electron chi connectivity index (χ0n) is 6.01. The quantitative estimate of drug-likeness (QED) is 0.329. The highest BCUT2D eigenvalue weighted by Gasteiger charge is 1.99. The van der Waals surface area contributed by atoms with E-state index < -0.39 is 0 Å². The summed E-state index contributed by atoms with van der Waals surface area (Å²) in [5.74, 6) is 0.403. The molecule has 0 heterocycles. The molecule has 0 rings (SSSR count). The van der Waals surface area contributed by atoms with Crippen molar-refractivity contribution < 1.29 is 4.74 Å². The number of hydrogen-bond donors (Lipinski definition) is 0. The lowest BCUT2D eigenvalue weighted by Gasteiger charge is -2.00. The fourth-order valence-electron chi connectivity index (χ4n) is 0.467. The van der Waals surface area contributed by atoms with E-state index in [2.05, 4.69) is 4.85 Å². The minimum Gasteiger partial charge on any atom is -0.509 e. The van der Waals surface area contributed by atoms with Crippen molar-refractivity contribution in [3.63, 3.8) is 0 Å². The van der Waals surface area contributed by atoms with Gasteiger partial charge in [0.2, 0.25) is 0 Å². The Morgan fingerprint density at radius 3 is 2.70 bits per heavy atom. The van der Waals surface area contributed by atoms with Crippen LogP contribution in [0.3, 0.4) is 0 Å². The van der Waals surface area contributed by atoms with Crippen molar-refractivity contribution in [2.24, 2.45) is 0 Å². The Hall–Kier alpha value is -1.48. The predicted molar refractivity (Wildman–Crippen MR) is 36.5 cm³/mol. The molecule has 0 atom stereocenters. The molecule has 0 spiro atoms. The Labute approximate surface area is 60.3 Å². The summed E-state index contributed by atoms with van der Waals surface area (Å²) in [4.78, 5) is 2.97. The van der Waals surface area contributed by atoms with Gasteiger partial charge in [-0.3, -0.25) is 0 Å². The van der Waals surface area contributed by atoms with E-state index in [1.807, 2.05) is 6.92 Å². The van der Waals surface area contributed by atoms with Crippen molar-refractivity contribution in [2.75, 3.05) is 6.61 Å². The van der Waals surface area contributed by atoms with Gasteiger partial charge < -0.3 is 4.74 Å². The molecule has 0 amide bonds. The van der Waals surface area contributed by atoms with Gasteiger partial charge in [-0.15, -0.1) is 0 Å². The average Bonchev–Trinajstić information content (AvgIpc) is 1.91. The minimum absolute atomic E-state index is 0.0295. The van der Waals surface area contributed by atoms with Crippen LogP contribution in [-0.2, 0) is 4.74 Å². The average molecular weight is 136 g/mol. The molecule has 3 heteroatoms. The van der Waals surface area contributed by atoms with Crippen LogP contribution in [0.25, 0.3) is 4.85 Å². The van der Waals surface area contributed by atoms with E-state index in [9.17, 15) is 0 Å². The number of nitriles is 1. The molecule has 0 N–H and O–H groups in total. The van der Waals surface area contributed by atoms with Crippen LogP contribution >= 0.6 is 0 Å². The molecule has 0 aliphatic carbocycles. The molecule has 0 fully saturated rings. The van der Waals surface area contributed by atoms with Gasteiger partial charge in [0.1, 0.15) is 5.76 Å². The van der Waals surface area contributed by atoms with Gasteiger partial charge in [-0.1, -0.05) is 0 Å². The van der Waals surface area contributed by atoms with Gasteiger partial charge in [0.15, 0.2) is 0 Å². The second-order valence-corrected chi connectivity index (χ2v) is 1.56. The first-order chi connectivity index (χ1) is 4.76. The van der Waals surface area contributed by atoms with E-state index in [-0.39, 0.29) is 5.70 Å². The highest BCUT2D eigenvalue weighted by atomic mass is 16.5. The fourth-order valence-corrected chi connectivity index (χ4v) is 0.467. The fraction of sp³-hybridized carbons (Fsp3) is 0.429. The molecule has 0 bridgehead atoms. The number of allylic oxidation sites excluding steroid dienone is 2. The van der Waals surface area contributed by atoms with Gasteiger partial charge in [0, 0.05) is 0 Å². The first-order valence-electron chi connectivity index (χ1n) is 2.87. The Kier molecular flexibility index (Phi) is 3.75. The van der Waals surface area contributed by atoms with Crippen molar-refractivity contribution in [2.45, 2.75) is 13.8 Å². The van der Waals surface area contributed by atoms with Gasteiger partial charge in [-0.25, -0.2) is 10.1 Å². The van der Waals surface area contributed by atoms with Gasteiger partial charge in [-0.2, -0.15) is 0 Å². The standard InChI is InChI=1S/C7H8N2O/c1-4-10-6(2)7(5-8)9-3/h4H2,1-2H3/b7-6-. The molecule has 10 heavy (non-hydrogen) atoms. The van der Waals surface area contributed by atoms with Gasteiger partial charge in [0.25, 0.3) is 5.70 Å². The third kappa shape index (κ3) is 2.19. The number of ether oxygens (including phenoxy) is 1. The first-order valence-corrected chi connectivity index (χ1v) is 2.87. The molecule has 0 radical (unpaired) electrons. The molecule has 0 saturated carbocycles. The lowest BCUT2D eigenvalue weighted by atomic mass is 10.4. The van der Waals surface area contributed by atoms with Gasteiger partial charge in [-0.05, 0) is 13.8 Å². The predicted octanol–water partition coefficient (Wildman–Crippen LogP) is 1.70. The lowest BCUT2D eigenvalue weighted by molar-refractivity contribution is 0.230. The molecule has 3 nitrogen and oxygen atoms in total. The molecule has 0 aliphatic heterocycles. The van der Waals surface area contributed by atoms with E-state index in [0.717, 1.165) is 0 Å². The van der Waals surface area contributed by atoms with Crippen molar-refractivity contribution in [3.05, 3.63) is 22.9 Å². The Morgan fingerprint density at radius 1 is 1.80 bits per heavy atom. The molecule has 52 valence electrons. The van der Waals surface area contributed by atoms with Crippen molar-refractivity contribution in [1.82, 2.24) is 0 Å². The lowest BCUT2D eigenvalue weighted by Crippen LogP contribution is -1.88. The maximum Gasteiger partial charge on any atom is 0.298 e. The van der Waals surface area contributed by atoms with Crippen LogP contribution in [-0.4, -0.2) is 6.61 Å². The molecule has 0 aromatic heterocycles. The molecular weight excluding hydrogens is 128 g/mol. The van der Waals surface area contributed by atoms with Gasteiger partial charge in [0.05, 0.1) is 19.2 Å². The maximum absolute atomic E-state index is 8.32. The monoisotopic (exact) mass is 136 g/mol. The summed E-state index contributed by atoms with van der Waals surface area (Å²) in [6, 6.07) is 1.74.